The molecule has 0 amide bonds. The van der Waals surface area contributed by atoms with Crippen LogP contribution >= 0.6 is 0 Å². The third kappa shape index (κ3) is 1.73. The summed E-state index contributed by atoms with van der Waals surface area (Å²) in [5, 5.41) is 3.18. The van der Waals surface area contributed by atoms with Crippen molar-refractivity contribution in [1.29, 1.82) is 0 Å². The molecule has 1 aromatic carbocycles. The van der Waals surface area contributed by atoms with Crippen LogP contribution in [0.2, 0.25) is 0 Å². The maximum absolute atomic E-state index is 13.4. The van der Waals surface area contributed by atoms with Gasteiger partial charge >= 0.3 is 0 Å². The number of ether oxygens (including phenoxy) is 1. The van der Waals surface area contributed by atoms with Crippen molar-refractivity contribution in [2.24, 2.45) is 0 Å². The molecular formula is C11H14FNO. The second-order valence-corrected chi connectivity index (χ2v) is 3.50. The lowest BCUT2D eigenvalue weighted by Gasteiger charge is -2.14. The maximum Gasteiger partial charge on any atom is 0.131 e. The zero-order valence-corrected chi connectivity index (χ0v) is 8.22. The first-order valence-corrected chi connectivity index (χ1v) is 4.96. The summed E-state index contributed by atoms with van der Waals surface area (Å²) in [5.74, 6) is 0.494. The van der Waals surface area contributed by atoms with Gasteiger partial charge in [-0.05, 0) is 18.6 Å². The molecule has 3 heteroatoms. The van der Waals surface area contributed by atoms with E-state index in [-0.39, 0.29) is 11.9 Å². The minimum absolute atomic E-state index is 0.151. The first-order valence-electron chi connectivity index (χ1n) is 4.96. The van der Waals surface area contributed by atoms with E-state index in [1.54, 1.807) is 6.07 Å². The van der Waals surface area contributed by atoms with E-state index in [1.807, 2.05) is 6.07 Å². The Morgan fingerprint density at radius 1 is 1.57 bits per heavy atom. The van der Waals surface area contributed by atoms with Crippen LogP contribution in [0.3, 0.4) is 0 Å². The number of hydrogen-bond acceptors (Lipinski definition) is 2. The minimum atomic E-state index is -0.188. The van der Waals surface area contributed by atoms with Crippen LogP contribution in [0.4, 0.5) is 4.39 Å². The molecule has 1 aromatic rings. The molecule has 76 valence electrons. The van der Waals surface area contributed by atoms with Gasteiger partial charge in [0.1, 0.15) is 17.7 Å². The van der Waals surface area contributed by atoms with Crippen LogP contribution in [-0.2, 0) is 6.54 Å². The summed E-state index contributed by atoms with van der Waals surface area (Å²) in [5.41, 5.74) is 0.642. The standard InChI is InChI=1S/C11H14FNO/c1-2-8-6-13-7-9-10(12)4-3-5-11(9)14-8/h3-5,8,13H,2,6-7H2,1H3. The molecule has 0 saturated heterocycles. The summed E-state index contributed by atoms with van der Waals surface area (Å²) in [6.45, 7) is 3.40. The molecule has 0 aliphatic carbocycles. The molecule has 2 rings (SSSR count). The molecule has 0 aromatic heterocycles. The lowest BCUT2D eigenvalue weighted by atomic mass is 10.2. The lowest BCUT2D eigenvalue weighted by molar-refractivity contribution is 0.201. The fourth-order valence-corrected chi connectivity index (χ4v) is 1.63. The average Bonchev–Trinajstić information content (AvgIpc) is 2.40. The smallest absolute Gasteiger partial charge is 0.131 e. The molecule has 1 heterocycles. The lowest BCUT2D eigenvalue weighted by Crippen LogP contribution is -2.27. The fourth-order valence-electron chi connectivity index (χ4n) is 1.63. The normalized spacial score (nSPS) is 20.9. The molecule has 1 aliphatic heterocycles. The van der Waals surface area contributed by atoms with E-state index >= 15 is 0 Å². The molecule has 0 radical (unpaired) electrons. The van der Waals surface area contributed by atoms with Crippen molar-refractivity contribution >= 4 is 0 Å². The maximum atomic E-state index is 13.4. The second-order valence-electron chi connectivity index (χ2n) is 3.50. The van der Waals surface area contributed by atoms with E-state index < -0.39 is 0 Å². The third-order valence-corrected chi connectivity index (χ3v) is 2.50. The van der Waals surface area contributed by atoms with Crippen LogP contribution in [-0.4, -0.2) is 12.6 Å². The van der Waals surface area contributed by atoms with Crippen molar-refractivity contribution in [2.45, 2.75) is 26.0 Å². The summed E-state index contributed by atoms with van der Waals surface area (Å²) < 4.78 is 19.0. The fraction of sp³-hybridized carbons (Fsp3) is 0.455. The second kappa shape index (κ2) is 3.96. The molecule has 1 atom stereocenters. The molecule has 0 saturated carbocycles. The Kier molecular flexibility index (Phi) is 2.68. The Morgan fingerprint density at radius 2 is 2.43 bits per heavy atom. The molecular weight excluding hydrogens is 181 g/mol. The first kappa shape index (κ1) is 9.46. The van der Waals surface area contributed by atoms with E-state index in [2.05, 4.69) is 12.2 Å². The zero-order valence-electron chi connectivity index (χ0n) is 8.22. The van der Waals surface area contributed by atoms with E-state index in [0.29, 0.717) is 17.9 Å². The molecule has 0 fully saturated rings. The number of rotatable bonds is 1. The quantitative estimate of drug-likeness (QED) is 0.740. The minimum Gasteiger partial charge on any atom is -0.489 e. The van der Waals surface area contributed by atoms with Gasteiger partial charge in [0, 0.05) is 18.7 Å². The Balaban J connectivity index is 2.32. The predicted molar refractivity (Wildman–Crippen MR) is 52.8 cm³/mol. The van der Waals surface area contributed by atoms with Crippen molar-refractivity contribution in [3.05, 3.63) is 29.6 Å². The molecule has 14 heavy (non-hydrogen) atoms. The highest BCUT2D eigenvalue weighted by atomic mass is 19.1. The first-order chi connectivity index (χ1) is 6.81. The molecule has 0 spiro atoms. The molecule has 1 unspecified atom stereocenters. The third-order valence-electron chi connectivity index (χ3n) is 2.50. The van der Waals surface area contributed by atoms with Crippen LogP contribution in [0.1, 0.15) is 18.9 Å². The van der Waals surface area contributed by atoms with Gasteiger partial charge in [-0.2, -0.15) is 0 Å². The molecule has 1 aliphatic rings. The molecule has 2 nitrogen and oxygen atoms in total. The van der Waals surface area contributed by atoms with Gasteiger partial charge < -0.3 is 10.1 Å². The number of benzene rings is 1. The van der Waals surface area contributed by atoms with E-state index in [9.17, 15) is 4.39 Å². The van der Waals surface area contributed by atoms with Crippen LogP contribution < -0.4 is 10.1 Å². The highest BCUT2D eigenvalue weighted by molar-refractivity contribution is 5.35. The largest absolute Gasteiger partial charge is 0.489 e. The monoisotopic (exact) mass is 195 g/mol. The summed E-state index contributed by atoms with van der Waals surface area (Å²) >= 11 is 0. The number of hydrogen-bond donors (Lipinski definition) is 1. The van der Waals surface area contributed by atoms with Gasteiger partial charge in [0.15, 0.2) is 0 Å². The average molecular weight is 195 g/mol. The highest BCUT2D eigenvalue weighted by Crippen LogP contribution is 2.24. The summed E-state index contributed by atoms with van der Waals surface area (Å²) in [6.07, 6.45) is 1.08. The van der Waals surface area contributed by atoms with Crippen LogP contribution in [0.25, 0.3) is 0 Å². The number of nitrogens with one attached hydrogen (secondary N) is 1. The Morgan fingerprint density at radius 3 is 3.21 bits per heavy atom. The Labute approximate surface area is 83.1 Å². The van der Waals surface area contributed by atoms with Gasteiger partial charge in [-0.1, -0.05) is 13.0 Å². The van der Waals surface area contributed by atoms with Crippen LogP contribution in [0.5, 0.6) is 5.75 Å². The predicted octanol–water partition coefficient (Wildman–Crippen LogP) is 2.09. The van der Waals surface area contributed by atoms with Crippen molar-refractivity contribution in [2.75, 3.05) is 6.54 Å². The van der Waals surface area contributed by atoms with Gasteiger partial charge in [-0.3, -0.25) is 0 Å². The topological polar surface area (TPSA) is 21.3 Å². The van der Waals surface area contributed by atoms with E-state index in [0.717, 1.165) is 13.0 Å². The van der Waals surface area contributed by atoms with Gasteiger partial charge in [-0.25, -0.2) is 4.39 Å². The van der Waals surface area contributed by atoms with Crippen molar-refractivity contribution in [1.82, 2.24) is 5.32 Å². The Bertz CT molecular complexity index is 327. The zero-order chi connectivity index (χ0) is 9.97. The summed E-state index contributed by atoms with van der Waals surface area (Å²) in [4.78, 5) is 0. The van der Waals surface area contributed by atoms with Gasteiger partial charge in [0.05, 0.1) is 0 Å². The van der Waals surface area contributed by atoms with Crippen LogP contribution in [0, 0.1) is 5.82 Å². The van der Waals surface area contributed by atoms with E-state index in [1.165, 1.54) is 6.07 Å². The molecule has 1 N–H and O–H groups in total. The molecule has 0 bridgehead atoms. The highest BCUT2D eigenvalue weighted by Gasteiger charge is 2.17. The number of halogens is 1. The van der Waals surface area contributed by atoms with Crippen LogP contribution in [0.15, 0.2) is 18.2 Å². The van der Waals surface area contributed by atoms with Crippen molar-refractivity contribution in [3.63, 3.8) is 0 Å². The van der Waals surface area contributed by atoms with Crippen molar-refractivity contribution < 1.29 is 9.13 Å². The van der Waals surface area contributed by atoms with Gasteiger partial charge in [-0.15, -0.1) is 0 Å². The van der Waals surface area contributed by atoms with Gasteiger partial charge in [0.25, 0.3) is 0 Å². The number of fused-ring (bicyclic) bond motifs is 1. The van der Waals surface area contributed by atoms with Crippen molar-refractivity contribution in [3.8, 4) is 5.75 Å². The SMILES string of the molecule is CCC1CNCc2c(F)cccc2O1. The van der Waals surface area contributed by atoms with E-state index in [4.69, 9.17) is 4.74 Å². The summed E-state index contributed by atoms with van der Waals surface area (Å²) in [6, 6.07) is 4.98. The summed E-state index contributed by atoms with van der Waals surface area (Å²) in [7, 11) is 0. The Hall–Kier alpha value is -1.09. The van der Waals surface area contributed by atoms with Gasteiger partial charge in [0.2, 0.25) is 0 Å².